The average Bonchev–Trinajstić information content (AvgIpc) is 3.00. The fraction of sp³-hybridized carbons (Fsp3) is 0.158. The van der Waals surface area contributed by atoms with Gasteiger partial charge in [0.05, 0.1) is 13.2 Å². The Balaban J connectivity index is 2.10. The van der Waals surface area contributed by atoms with E-state index in [2.05, 4.69) is 20.9 Å². The predicted molar refractivity (Wildman–Crippen MR) is 105 cm³/mol. The van der Waals surface area contributed by atoms with Crippen LogP contribution in [0.2, 0.25) is 0 Å². The SMILES string of the molecule is COCCn1c(=O)nc(-c2ccc(N)cc2)c2oc3ccc(Br)cc3c21. The summed E-state index contributed by atoms with van der Waals surface area (Å²) in [5.41, 5.74) is 9.33. The summed E-state index contributed by atoms with van der Waals surface area (Å²) in [4.78, 5) is 17.0. The number of aromatic nitrogens is 2. The van der Waals surface area contributed by atoms with Crippen LogP contribution < -0.4 is 11.4 Å². The van der Waals surface area contributed by atoms with Crippen molar-refractivity contribution in [2.75, 3.05) is 19.5 Å². The summed E-state index contributed by atoms with van der Waals surface area (Å²) in [5.74, 6) is 0. The van der Waals surface area contributed by atoms with Gasteiger partial charge in [-0.1, -0.05) is 28.1 Å². The highest BCUT2D eigenvalue weighted by Gasteiger charge is 2.19. The zero-order chi connectivity index (χ0) is 18.3. The summed E-state index contributed by atoms with van der Waals surface area (Å²) >= 11 is 3.49. The number of halogens is 1. The van der Waals surface area contributed by atoms with Gasteiger partial charge < -0.3 is 14.9 Å². The van der Waals surface area contributed by atoms with Crippen molar-refractivity contribution in [3.05, 3.63) is 57.4 Å². The van der Waals surface area contributed by atoms with E-state index in [1.807, 2.05) is 30.3 Å². The van der Waals surface area contributed by atoms with Crippen LogP contribution in [0.3, 0.4) is 0 Å². The summed E-state index contributed by atoms with van der Waals surface area (Å²) in [6.45, 7) is 0.792. The highest BCUT2D eigenvalue weighted by molar-refractivity contribution is 9.10. The van der Waals surface area contributed by atoms with Gasteiger partial charge in [-0.3, -0.25) is 4.57 Å². The first-order valence-corrected chi connectivity index (χ1v) is 8.85. The number of benzene rings is 2. The third-order valence-electron chi connectivity index (χ3n) is 4.25. The Morgan fingerprint density at radius 3 is 2.73 bits per heavy atom. The third-order valence-corrected chi connectivity index (χ3v) is 4.74. The molecule has 0 aliphatic heterocycles. The molecule has 26 heavy (non-hydrogen) atoms. The van der Waals surface area contributed by atoms with Gasteiger partial charge in [-0.2, -0.15) is 4.98 Å². The number of methoxy groups -OCH3 is 1. The van der Waals surface area contributed by atoms with E-state index in [1.165, 1.54) is 0 Å². The Morgan fingerprint density at radius 2 is 2.00 bits per heavy atom. The van der Waals surface area contributed by atoms with Crippen molar-refractivity contribution in [3.8, 4) is 11.3 Å². The second-order valence-corrected chi connectivity index (χ2v) is 6.85. The fourth-order valence-electron chi connectivity index (χ4n) is 3.01. The van der Waals surface area contributed by atoms with Gasteiger partial charge in [-0.05, 0) is 30.3 Å². The Hall–Kier alpha value is -2.64. The first kappa shape index (κ1) is 16.8. The molecule has 0 radical (unpaired) electrons. The second-order valence-electron chi connectivity index (χ2n) is 5.93. The van der Waals surface area contributed by atoms with Crippen molar-refractivity contribution in [1.29, 1.82) is 0 Å². The Kier molecular flexibility index (Phi) is 4.26. The molecule has 0 aliphatic rings. The van der Waals surface area contributed by atoms with Gasteiger partial charge in [0.2, 0.25) is 0 Å². The largest absolute Gasteiger partial charge is 0.452 e. The van der Waals surface area contributed by atoms with Crippen molar-refractivity contribution < 1.29 is 9.15 Å². The van der Waals surface area contributed by atoms with Crippen molar-refractivity contribution in [1.82, 2.24) is 9.55 Å². The van der Waals surface area contributed by atoms with E-state index in [4.69, 9.17) is 14.9 Å². The number of fused-ring (bicyclic) bond motifs is 3. The smallest absolute Gasteiger partial charge is 0.348 e. The topological polar surface area (TPSA) is 83.3 Å². The normalized spacial score (nSPS) is 11.5. The number of anilines is 1. The molecule has 0 fully saturated rings. The molecule has 4 aromatic rings. The van der Waals surface area contributed by atoms with E-state index in [9.17, 15) is 4.79 Å². The maximum atomic E-state index is 12.7. The van der Waals surface area contributed by atoms with Gasteiger partial charge >= 0.3 is 5.69 Å². The molecule has 0 spiro atoms. The maximum Gasteiger partial charge on any atom is 0.348 e. The van der Waals surface area contributed by atoms with Crippen LogP contribution in [0.15, 0.2) is 56.1 Å². The molecule has 2 aromatic heterocycles. The zero-order valence-electron chi connectivity index (χ0n) is 14.0. The molecule has 4 rings (SSSR count). The molecule has 0 amide bonds. The number of hydrogen-bond donors (Lipinski definition) is 1. The maximum absolute atomic E-state index is 12.7. The van der Waals surface area contributed by atoms with Gasteiger partial charge in [-0.15, -0.1) is 0 Å². The van der Waals surface area contributed by atoms with Crippen molar-refractivity contribution in [3.63, 3.8) is 0 Å². The molecule has 0 aliphatic carbocycles. The molecule has 6 nitrogen and oxygen atoms in total. The Labute approximate surface area is 157 Å². The number of nitrogen functional groups attached to an aromatic ring is 1. The van der Waals surface area contributed by atoms with Crippen LogP contribution in [0.5, 0.6) is 0 Å². The summed E-state index contributed by atoms with van der Waals surface area (Å²) in [6, 6.07) is 12.9. The predicted octanol–water partition coefficient (Wildman–Crippen LogP) is 3.80. The lowest BCUT2D eigenvalue weighted by molar-refractivity contribution is 0.187. The van der Waals surface area contributed by atoms with Crippen LogP contribution in [-0.4, -0.2) is 23.3 Å². The summed E-state index contributed by atoms with van der Waals surface area (Å²) < 4.78 is 13.7. The first-order valence-electron chi connectivity index (χ1n) is 8.06. The van der Waals surface area contributed by atoms with Gasteiger partial charge in [0.1, 0.15) is 16.8 Å². The van der Waals surface area contributed by atoms with Crippen LogP contribution in [0.4, 0.5) is 5.69 Å². The van der Waals surface area contributed by atoms with Crippen molar-refractivity contribution >= 4 is 43.7 Å². The molecule has 2 N–H and O–H groups in total. The molecule has 0 saturated heterocycles. The van der Waals surface area contributed by atoms with E-state index < -0.39 is 0 Å². The molecular weight excluding hydrogens is 398 g/mol. The van der Waals surface area contributed by atoms with Gasteiger partial charge in [0, 0.05) is 28.2 Å². The molecule has 7 heteroatoms. The number of furan rings is 1. The van der Waals surface area contributed by atoms with Crippen LogP contribution in [0.1, 0.15) is 0 Å². The minimum absolute atomic E-state index is 0.343. The summed E-state index contributed by atoms with van der Waals surface area (Å²) in [7, 11) is 1.60. The van der Waals surface area contributed by atoms with Crippen LogP contribution in [0, 0.1) is 0 Å². The molecule has 0 atom stereocenters. The lowest BCUT2D eigenvalue weighted by Gasteiger charge is -2.09. The fourth-order valence-corrected chi connectivity index (χ4v) is 3.38. The lowest BCUT2D eigenvalue weighted by atomic mass is 10.1. The molecule has 0 bridgehead atoms. The number of hydrogen-bond acceptors (Lipinski definition) is 5. The highest BCUT2D eigenvalue weighted by atomic mass is 79.9. The quantitative estimate of drug-likeness (QED) is 0.514. The van der Waals surface area contributed by atoms with Gasteiger partial charge in [-0.25, -0.2) is 4.79 Å². The van der Waals surface area contributed by atoms with E-state index >= 15 is 0 Å². The second kappa shape index (κ2) is 6.59. The van der Waals surface area contributed by atoms with Gasteiger partial charge in [0.25, 0.3) is 0 Å². The van der Waals surface area contributed by atoms with Crippen LogP contribution in [-0.2, 0) is 11.3 Å². The first-order chi connectivity index (χ1) is 12.6. The Morgan fingerprint density at radius 1 is 1.23 bits per heavy atom. The molecule has 0 saturated carbocycles. The number of nitrogens with two attached hydrogens (primary N) is 1. The molecule has 2 aromatic carbocycles. The van der Waals surface area contributed by atoms with E-state index in [0.29, 0.717) is 41.2 Å². The highest BCUT2D eigenvalue weighted by Crippen LogP contribution is 2.35. The molecule has 132 valence electrons. The average molecular weight is 414 g/mol. The van der Waals surface area contributed by atoms with Crippen molar-refractivity contribution in [2.24, 2.45) is 0 Å². The summed E-state index contributed by atoms with van der Waals surface area (Å²) in [6.07, 6.45) is 0. The molecular formula is C19H16BrN3O3. The lowest BCUT2D eigenvalue weighted by Crippen LogP contribution is -2.25. The zero-order valence-corrected chi connectivity index (χ0v) is 15.6. The van der Waals surface area contributed by atoms with Crippen LogP contribution in [0.25, 0.3) is 33.3 Å². The Bertz CT molecular complexity index is 1160. The van der Waals surface area contributed by atoms with Crippen LogP contribution >= 0.6 is 15.9 Å². The monoisotopic (exact) mass is 413 g/mol. The van der Waals surface area contributed by atoms with E-state index in [0.717, 1.165) is 15.4 Å². The standard InChI is InChI=1S/C19H16BrN3O3/c1-25-9-8-23-17-14-10-12(20)4-7-15(14)26-18(17)16(22-19(23)24)11-2-5-13(21)6-3-11/h2-7,10H,8-9,21H2,1H3. The number of rotatable bonds is 4. The summed E-state index contributed by atoms with van der Waals surface area (Å²) in [5, 5.41) is 0.849. The molecule has 0 unspecified atom stereocenters. The third kappa shape index (κ3) is 2.79. The number of ether oxygens (including phenoxy) is 1. The minimum atomic E-state index is -0.343. The van der Waals surface area contributed by atoms with E-state index in [1.54, 1.807) is 23.8 Å². The van der Waals surface area contributed by atoms with Crippen molar-refractivity contribution in [2.45, 2.75) is 6.54 Å². The number of nitrogens with zero attached hydrogens (tertiary/aromatic N) is 2. The minimum Gasteiger partial charge on any atom is -0.452 e. The molecule has 2 heterocycles. The van der Waals surface area contributed by atoms with E-state index in [-0.39, 0.29) is 5.69 Å². The van der Waals surface area contributed by atoms with Gasteiger partial charge in [0.15, 0.2) is 5.58 Å².